The first-order valence-electron chi connectivity index (χ1n) is 10.5. The molecule has 4 rings (SSSR count). The van der Waals surface area contributed by atoms with Crippen LogP contribution in [0.3, 0.4) is 0 Å². The zero-order chi connectivity index (χ0) is 19.6. The molecule has 1 atom stereocenters. The van der Waals surface area contributed by atoms with Crippen molar-refractivity contribution < 1.29 is 51.0 Å². The summed E-state index contributed by atoms with van der Waals surface area (Å²) in [5, 5.41) is 0. The van der Waals surface area contributed by atoms with Crippen molar-refractivity contribution >= 4 is 0 Å². The number of halogens is 2. The van der Waals surface area contributed by atoms with E-state index in [4.69, 9.17) is 0 Å². The van der Waals surface area contributed by atoms with Gasteiger partial charge in [0.05, 0.1) is 0 Å². The van der Waals surface area contributed by atoms with Gasteiger partial charge in [-0.05, 0) is 52.7 Å². The van der Waals surface area contributed by atoms with Crippen molar-refractivity contribution in [2.24, 2.45) is 0 Å². The van der Waals surface area contributed by atoms with Crippen LogP contribution in [0.1, 0.15) is 90.3 Å². The Labute approximate surface area is 215 Å². The van der Waals surface area contributed by atoms with E-state index in [1.165, 1.54) is 52.7 Å². The standard InChI is InChI=1S/C27H33.2ClH.Zr/c1-17-11-19-13-18-9-8-10-23(18)25(24(19)12-17)20-14-21(26(2,3)4)16-22(15-20)27(5,6)7;;;/h12-16,25H,8-10H2,1-7H3;2*1H;/q-1;;;+3/p-2. The summed E-state index contributed by atoms with van der Waals surface area (Å²) in [5.41, 5.74) is 12.0. The Morgan fingerprint density at radius 2 is 1.40 bits per heavy atom. The van der Waals surface area contributed by atoms with Gasteiger partial charge < -0.3 is 24.8 Å². The molecule has 1 radical (unpaired) electrons. The summed E-state index contributed by atoms with van der Waals surface area (Å²) in [5.74, 6) is 0.413. The molecule has 3 aliphatic rings. The van der Waals surface area contributed by atoms with E-state index in [0.717, 1.165) is 0 Å². The zero-order valence-electron chi connectivity index (χ0n) is 19.3. The molecule has 0 aromatic heterocycles. The molecule has 159 valence electrons. The SMILES string of the molecule is CC1=[C-]C2=CC3=C(CCC3)C(c3cc(C(C)(C)C)cc(C(C)(C)C)c3)C2=C1.[Cl-].[Cl-].[Zr+3]. The van der Waals surface area contributed by atoms with E-state index in [-0.39, 0.29) is 61.8 Å². The Morgan fingerprint density at radius 3 is 1.93 bits per heavy atom. The fraction of sp³-hybridized carbons (Fsp3) is 0.481. The van der Waals surface area contributed by atoms with Crippen LogP contribution in [0.15, 0.2) is 58.2 Å². The van der Waals surface area contributed by atoms with Crippen LogP contribution < -0.4 is 24.8 Å². The Balaban J connectivity index is 0.00000150. The van der Waals surface area contributed by atoms with Crippen LogP contribution in [0.4, 0.5) is 0 Å². The van der Waals surface area contributed by atoms with Crippen molar-refractivity contribution in [3.8, 4) is 0 Å². The molecule has 0 saturated heterocycles. The topological polar surface area (TPSA) is 0 Å². The number of hydrogen-bond acceptors (Lipinski definition) is 0. The Hall–Kier alpha value is -0.357. The largest absolute Gasteiger partial charge is 3.00 e. The van der Waals surface area contributed by atoms with E-state index in [1.807, 2.05) is 0 Å². The molecule has 0 saturated carbocycles. The molecule has 0 fully saturated rings. The van der Waals surface area contributed by atoms with Crippen LogP contribution >= 0.6 is 0 Å². The van der Waals surface area contributed by atoms with E-state index in [2.05, 4.69) is 84.9 Å². The maximum Gasteiger partial charge on any atom is 3.00 e. The first kappa shape index (κ1) is 27.7. The number of fused-ring (bicyclic) bond motifs is 1. The molecule has 1 unspecified atom stereocenters. The van der Waals surface area contributed by atoms with Crippen LogP contribution in [-0.4, -0.2) is 0 Å². The summed E-state index contributed by atoms with van der Waals surface area (Å²) in [6, 6.07) is 7.41. The number of allylic oxidation sites excluding steroid dienone is 8. The maximum absolute atomic E-state index is 3.61. The molecule has 1 aromatic carbocycles. The van der Waals surface area contributed by atoms with Crippen molar-refractivity contribution in [3.05, 3.63) is 81.0 Å². The van der Waals surface area contributed by atoms with Crippen LogP contribution in [-0.2, 0) is 37.0 Å². The van der Waals surface area contributed by atoms with Gasteiger partial charge >= 0.3 is 26.2 Å². The third-order valence-corrected chi connectivity index (χ3v) is 6.32. The average Bonchev–Trinajstić information content (AvgIpc) is 3.15. The van der Waals surface area contributed by atoms with E-state index in [1.54, 1.807) is 11.1 Å². The van der Waals surface area contributed by atoms with E-state index < -0.39 is 0 Å². The van der Waals surface area contributed by atoms with Crippen LogP contribution in [0.2, 0.25) is 0 Å². The van der Waals surface area contributed by atoms with Crippen molar-refractivity contribution in [1.82, 2.24) is 0 Å². The third kappa shape index (κ3) is 5.16. The Morgan fingerprint density at radius 1 is 0.833 bits per heavy atom. The van der Waals surface area contributed by atoms with Gasteiger partial charge in [-0.25, -0.2) is 0 Å². The fourth-order valence-corrected chi connectivity index (χ4v) is 4.70. The minimum Gasteiger partial charge on any atom is -1.00 e. The second-order valence-corrected chi connectivity index (χ2v) is 10.6. The molecule has 0 aliphatic heterocycles. The fourth-order valence-electron chi connectivity index (χ4n) is 4.70. The zero-order valence-corrected chi connectivity index (χ0v) is 23.3. The number of benzene rings is 1. The molecular formula is C27H33Cl2Zr. The van der Waals surface area contributed by atoms with Crippen molar-refractivity contribution in [3.63, 3.8) is 0 Å². The van der Waals surface area contributed by atoms with Gasteiger partial charge in [-0.15, -0.1) is 17.7 Å². The average molecular weight is 520 g/mol. The molecule has 3 heteroatoms. The summed E-state index contributed by atoms with van der Waals surface area (Å²) in [7, 11) is 0. The van der Waals surface area contributed by atoms with Gasteiger partial charge in [-0.3, -0.25) is 0 Å². The number of rotatable bonds is 1. The minimum absolute atomic E-state index is 0. The summed E-state index contributed by atoms with van der Waals surface area (Å²) in [6.45, 7) is 16.2. The maximum atomic E-state index is 3.61. The first-order valence-corrected chi connectivity index (χ1v) is 10.5. The Kier molecular flexibility index (Phi) is 8.90. The van der Waals surface area contributed by atoms with Gasteiger partial charge in [0.1, 0.15) is 0 Å². The van der Waals surface area contributed by atoms with Gasteiger partial charge in [-0.2, -0.15) is 17.2 Å². The third-order valence-electron chi connectivity index (χ3n) is 6.32. The second-order valence-electron chi connectivity index (χ2n) is 10.6. The normalized spacial score (nSPS) is 20.1. The van der Waals surface area contributed by atoms with Gasteiger partial charge in [0.15, 0.2) is 0 Å². The summed E-state index contributed by atoms with van der Waals surface area (Å²) in [6.07, 6.45) is 12.2. The molecule has 1 aromatic rings. The predicted octanol–water partition coefficient (Wildman–Crippen LogP) is 1.48. The number of hydrogen-bond donors (Lipinski definition) is 0. The molecule has 0 nitrogen and oxygen atoms in total. The molecule has 0 spiro atoms. The smallest absolute Gasteiger partial charge is 1.00 e. The van der Waals surface area contributed by atoms with Crippen LogP contribution in [0.25, 0.3) is 0 Å². The van der Waals surface area contributed by atoms with E-state index >= 15 is 0 Å². The Bertz CT molecular complexity index is 898. The minimum atomic E-state index is 0. The summed E-state index contributed by atoms with van der Waals surface area (Å²) >= 11 is 0. The van der Waals surface area contributed by atoms with Gasteiger partial charge in [0, 0.05) is 0 Å². The van der Waals surface area contributed by atoms with Crippen molar-refractivity contribution in [1.29, 1.82) is 0 Å². The van der Waals surface area contributed by atoms with E-state index in [9.17, 15) is 0 Å². The van der Waals surface area contributed by atoms with E-state index in [0.29, 0.717) is 5.92 Å². The van der Waals surface area contributed by atoms with Gasteiger partial charge in [0.2, 0.25) is 0 Å². The monoisotopic (exact) mass is 517 g/mol. The molecule has 0 amide bonds. The predicted molar refractivity (Wildman–Crippen MR) is 116 cm³/mol. The molecular weight excluding hydrogens is 486 g/mol. The summed E-state index contributed by atoms with van der Waals surface area (Å²) in [4.78, 5) is 0. The molecule has 0 heterocycles. The van der Waals surface area contributed by atoms with Crippen molar-refractivity contribution in [2.75, 3.05) is 0 Å². The molecule has 30 heavy (non-hydrogen) atoms. The quantitative estimate of drug-likeness (QED) is 0.494. The molecule has 3 aliphatic carbocycles. The molecule has 0 N–H and O–H groups in total. The van der Waals surface area contributed by atoms with Crippen LogP contribution in [0.5, 0.6) is 0 Å². The second kappa shape index (κ2) is 9.64. The molecule has 0 bridgehead atoms. The van der Waals surface area contributed by atoms with Gasteiger partial charge in [-0.1, -0.05) is 77.8 Å². The van der Waals surface area contributed by atoms with Crippen molar-refractivity contribution in [2.45, 2.75) is 84.5 Å². The first-order chi connectivity index (χ1) is 12.5. The van der Waals surface area contributed by atoms with Crippen LogP contribution in [0, 0.1) is 6.08 Å². The van der Waals surface area contributed by atoms with Gasteiger partial charge in [0.25, 0.3) is 0 Å². The summed E-state index contributed by atoms with van der Waals surface area (Å²) < 4.78 is 0.